The van der Waals surface area contributed by atoms with E-state index in [9.17, 15) is 13.2 Å². The molecule has 1 aromatic rings. The van der Waals surface area contributed by atoms with Crippen molar-refractivity contribution < 1.29 is 17.9 Å². The number of H-pyrrole nitrogens is 1. The van der Waals surface area contributed by atoms with Crippen molar-refractivity contribution in [1.82, 2.24) is 19.2 Å². The minimum Gasteiger partial charge on any atom is -0.465 e. The van der Waals surface area contributed by atoms with Crippen LogP contribution in [-0.2, 0) is 26.3 Å². The molecule has 2 heterocycles. The lowest BCUT2D eigenvalue weighted by atomic mass is 10.2. The van der Waals surface area contributed by atoms with E-state index in [0.29, 0.717) is 30.8 Å². The van der Waals surface area contributed by atoms with Crippen LogP contribution in [0.1, 0.15) is 25.3 Å². The van der Waals surface area contributed by atoms with Crippen molar-refractivity contribution in [2.75, 3.05) is 18.9 Å². The monoisotopic (exact) mass is 317 g/mol. The van der Waals surface area contributed by atoms with Gasteiger partial charge in [-0.05, 0) is 19.8 Å². The minimum absolute atomic E-state index is 0.0106. The molecule has 0 radical (unpaired) electrons. The number of carbonyl (C=O) groups is 1. The summed E-state index contributed by atoms with van der Waals surface area (Å²) in [5, 5.41) is 6.24. The molecule has 118 valence electrons. The smallest absolute Gasteiger partial charge is 0.324 e. The van der Waals surface area contributed by atoms with E-state index >= 15 is 0 Å². The van der Waals surface area contributed by atoms with Crippen LogP contribution >= 0.6 is 0 Å². The van der Waals surface area contributed by atoms with E-state index in [2.05, 4.69) is 14.9 Å². The van der Waals surface area contributed by atoms with Gasteiger partial charge in [0.25, 0.3) is 10.2 Å². The highest BCUT2D eigenvalue weighted by Gasteiger charge is 2.39. The zero-order valence-electron chi connectivity index (χ0n) is 11.7. The second-order valence-corrected chi connectivity index (χ2v) is 6.36. The van der Waals surface area contributed by atoms with Crippen LogP contribution in [0.5, 0.6) is 0 Å². The number of nitrogens with two attached hydrogens (primary N) is 1. The number of anilines is 1. The summed E-state index contributed by atoms with van der Waals surface area (Å²) in [5.41, 5.74) is 6.14. The van der Waals surface area contributed by atoms with Crippen molar-refractivity contribution in [3.63, 3.8) is 0 Å². The predicted molar refractivity (Wildman–Crippen MR) is 75.1 cm³/mol. The van der Waals surface area contributed by atoms with Crippen molar-refractivity contribution in [2.45, 2.75) is 32.4 Å². The molecule has 1 aliphatic rings. The third kappa shape index (κ3) is 3.52. The van der Waals surface area contributed by atoms with Crippen LogP contribution in [0.2, 0.25) is 0 Å². The molecule has 2 rings (SSSR count). The number of nitrogen functional groups attached to an aromatic ring is 1. The van der Waals surface area contributed by atoms with E-state index in [1.165, 1.54) is 6.20 Å². The van der Waals surface area contributed by atoms with Crippen LogP contribution in [0.4, 0.5) is 5.82 Å². The second-order valence-electron chi connectivity index (χ2n) is 4.66. The first-order valence-electron chi connectivity index (χ1n) is 6.66. The van der Waals surface area contributed by atoms with Gasteiger partial charge in [0.2, 0.25) is 0 Å². The fourth-order valence-electron chi connectivity index (χ4n) is 2.22. The Morgan fingerprint density at radius 1 is 1.67 bits per heavy atom. The molecular weight excluding hydrogens is 298 g/mol. The number of hydrogen-bond acceptors (Lipinski definition) is 6. The molecule has 4 N–H and O–H groups in total. The normalized spacial score (nSPS) is 19.8. The Labute approximate surface area is 123 Å². The summed E-state index contributed by atoms with van der Waals surface area (Å²) in [4.78, 5) is 11.8. The van der Waals surface area contributed by atoms with Gasteiger partial charge in [-0.1, -0.05) is 0 Å². The Kier molecular flexibility index (Phi) is 4.80. The molecule has 1 unspecified atom stereocenters. The molecule has 0 saturated carbocycles. The SMILES string of the molecule is CCOC(=O)C1CCCN1S(=O)(=O)NCc1cn[nH]c1N. The third-order valence-corrected chi connectivity index (χ3v) is 4.83. The summed E-state index contributed by atoms with van der Waals surface area (Å²) in [6, 6.07) is -0.760. The molecule has 1 atom stereocenters. The highest BCUT2D eigenvalue weighted by molar-refractivity contribution is 7.87. The molecule has 1 aromatic heterocycles. The highest BCUT2D eigenvalue weighted by atomic mass is 32.2. The van der Waals surface area contributed by atoms with Gasteiger partial charge >= 0.3 is 5.97 Å². The van der Waals surface area contributed by atoms with Crippen LogP contribution in [0.25, 0.3) is 0 Å². The zero-order chi connectivity index (χ0) is 15.5. The molecule has 0 amide bonds. The highest BCUT2D eigenvalue weighted by Crippen LogP contribution is 2.21. The molecule has 0 spiro atoms. The maximum absolute atomic E-state index is 12.3. The van der Waals surface area contributed by atoms with Crippen molar-refractivity contribution in [3.05, 3.63) is 11.8 Å². The number of ether oxygens (including phenoxy) is 1. The quantitative estimate of drug-likeness (QED) is 0.598. The van der Waals surface area contributed by atoms with Gasteiger partial charge in [-0.3, -0.25) is 9.89 Å². The number of hydrogen-bond donors (Lipinski definition) is 3. The van der Waals surface area contributed by atoms with Crippen LogP contribution in [0, 0.1) is 0 Å². The van der Waals surface area contributed by atoms with E-state index in [0.717, 1.165) is 4.31 Å². The molecule has 1 aliphatic heterocycles. The zero-order valence-corrected chi connectivity index (χ0v) is 12.5. The third-order valence-electron chi connectivity index (χ3n) is 3.27. The number of nitrogens with one attached hydrogen (secondary N) is 2. The van der Waals surface area contributed by atoms with Crippen molar-refractivity contribution in [1.29, 1.82) is 0 Å². The van der Waals surface area contributed by atoms with E-state index < -0.39 is 22.2 Å². The van der Waals surface area contributed by atoms with Gasteiger partial charge < -0.3 is 10.5 Å². The van der Waals surface area contributed by atoms with Gasteiger partial charge in [0.1, 0.15) is 11.9 Å². The number of rotatable bonds is 6. The standard InChI is InChI=1S/C11H19N5O4S/c1-2-20-11(17)9-4-3-5-16(9)21(18,19)14-7-8-6-13-15-10(8)12/h6,9,14H,2-5,7H2,1H3,(H3,12,13,15). The summed E-state index contributed by atoms with van der Waals surface area (Å²) in [6.45, 7) is 2.21. The first-order chi connectivity index (χ1) is 9.95. The molecule has 1 saturated heterocycles. The van der Waals surface area contributed by atoms with E-state index in [-0.39, 0.29) is 13.2 Å². The number of aromatic nitrogens is 2. The minimum atomic E-state index is -3.78. The number of nitrogens with zero attached hydrogens (tertiary/aromatic N) is 2. The fourth-order valence-corrected chi connectivity index (χ4v) is 3.62. The Morgan fingerprint density at radius 2 is 2.43 bits per heavy atom. The molecule has 0 aromatic carbocycles. The number of carbonyl (C=O) groups excluding carboxylic acids is 1. The first-order valence-corrected chi connectivity index (χ1v) is 8.10. The van der Waals surface area contributed by atoms with E-state index in [4.69, 9.17) is 10.5 Å². The molecule has 0 bridgehead atoms. The molecule has 10 heteroatoms. The van der Waals surface area contributed by atoms with Crippen LogP contribution in [0.3, 0.4) is 0 Å². The van der Waals surface area contributed by atoms with Gasteiger partial charge in [-0.25, -0.2) is 0 Å². The van der Waals surface area contributed by atoms with Gasteiger partial charge in [-0.15, -0.1) is 0 Å². The first kappa shape index (κ1) is 15.7. The molecule has 1 fully saturated rings. The van der Waals surface area contributed by atoms with Crippen molar-refractivity contribution >= 4 is 22.0 Å². The topological polar surface area (TPSA) is 130 Å². The number of esters is 1. The fraction of sp³-hybridized carbons (Fsp3) is 0.636. The van der Waals surface area contributed by atoms with E-state index in [1.807, 2.05) is 0 Å². The average Bonchev–Trinajstić information content (AvgIpc) is 3.05. The van der Waals surface area contributed by atoms with Crippen LogP contribution in [-0.4, -0.2) is 48.1 Å². The summed E-state index contributed by atoms with van der Waals surface area (Å²) < 4.78 is 33.1. The maximum atomic E-state index is 12.3. The van der Waals surface area contributed by atoms with Crippen LogP contribution in [0.15, 0.2) is 6.20 Å². The molecular formula is C11H19N5O4S. The lowest BCUT2D eigenvalue weighted by molar-refractivity contribution is -0.146. The number of aromatic amines is 1. The van der Waals surface area contributed by atoms with Gasteiger partial charge in [0.05, 0.1) is 12.8 Å². The Hall–Kier alpha value is -1.65. The summed E-state index contributed by atoms with van der Waals surface area (Å²) in [7, 11) is -3.78. The van der Waals surface area contributed by atoms with Crippen molar-refractivity contribution in [2.24, 2.45) is 0 Å². The lowest BCUT2D eigenvalue weighted by Crippen LogP contribution is -2.46. The van der Waals surface area contributed by atoms with Gasteiger partial charge in [-0.2, -0.15) is 22.5 Å². The largest absolute Gasteiger partial charge is 0.465 e. The summed E-state index contributed by atoms with van der Waals surface area (Å²) in [6.07, 6.45) is 2.54. The molecule has 9 nitrogen and oxygen atoms in total. The molecule has 21 heavy (non-hydrogen) atoms. The summed E-state index contributed by atoms with van der Waals surface area (Å²) >= 11 is 0. The Morgan fingerprint density at radius 3 is 3.05 bits per heavy atom. The molecule has 0 aliphatic carbocycles. The Balaban J connectivity index is 2.04. The van der Waals surface area contributed by atoms with Crippen LogP contribution < -0.4 is 10.5 Å². The van der Waals surface area contributed by atoms with Gasteiger partial charge in [0, 0.05) is 18.7 Å². The maximum Gasteiger partial charge on any atom is 0.324 e. The van der Waals surface area contributed by atoms with Crippen molar-refractivity contribution in [3.8, 4) is 0 Å². The van der Waals surface area contributed by atoms with Gasteiger partial charge in [0.15, 0.2) is 0 Å². The predicted octanol–water partition coefficient (Wildman–Crippen LogP) is -0.646. The Bertz CT molecular complexity index is 600. The second kappa shape index (κ2) is 6.41. The average molecular weight is 317 g/mol. The summed E-state index contributed by atoms with van der Waals surface area (Å²) in [5.74, 6) is -0.204. The van der Waals surface area contributed by atoms with E-state index in [1.54, 1.807) is 6.92 Å². The lowest BCUT2D eigenvalue weighted by Gasteiger charge is -2.22.